The Morgan fingerprint density at radius 1 is 1.30 bits per heavy atom. The van der Waals surface area contributed by atoms with E-state index in [4.69, 9.17) is 5.11 Å². The van der Waals surface area contributed by atoms with Crippen molar-refractivity contribution in [3.05, 3.63) is 33.8 Å². The van der Waals surface area contributed by atoms with Gasteiger partial charge >= 0.3 is 6.09 Å². The molecule has 0 saturated heterocycles. The Kier molecular flexibility index (Phi) is 6.46. The molecule has 128 valence electrons. The molecule has 0 radical (unpaired) electrons. The molecular weight excluding hydrogens is 376 g/mol. The maximum absolute atomic E-state index is 13.6. The van der Waals surface area contributed by atoms with Crippen LogP contribution in [0.3, 0.4) is 0 Å². The van der Waals surface area contributed by atoms with Gasteiger partial charge < -0.3 is 10.4 Å². The van der Waals surface area contributed by atoms with Crippen LogP contribution in [-0.2, 0) is 11.3 Å². The molecule has 1 rings (SSSR count). The van der Waals surface area contributed by atoms with Crippen molar-refractivity contribution in [2.24, 2.45) is 5.41 Å². The van der Waals surface area contributed by atoms with Gasteiger partial charge in [0.2, 0.25) is 5.91 Å². The lowest BCUT2D eigenvalue weighted by Crippen LogP contribution is -2.53. The fourth-order valence-electron chi connectivity index (χ4n) is 1.68. The van der Waals surface area contributed by atoms with Gasteiger partial charge in [-0.1, -0.05) is 15.9 Å². The highest BCUT2D eigenvalue weighted by atomic mass is 79.9. The highest BCUT2D eigenvalue weighted by Crippen LogP contribution is 2.21. The molecule has 0 unspecified atom stereocenters. The molecule has 0 heterocycles. The van der Waals surface area contributed by atoms with E-state index in [1.807, 2.05) is 0 Å². The lowest BCUT2D eigenvalue weighted by molar-refractivity contribution is -0.131. The number of amides is 2. The summed E-state index contributed by atoms with van der Waals surface area (Å²) in [4.78, 5) is 22.7. The number of rotatable bonds is 6. The predicted octanol–water partition coefficient (Wildman–Crippen LogP) is 2.53. The van der Waals surface area contributed by atoms with Crippen LogP contribution in [0.25, 0.3) is 0 Å². The molecular formula is C14H18BrF2N3O3. The fourth-order valence-corrected chi connectivity index (χ4v) is 2.08. The highest BCUT2D eigenvalue weighted by Gasteiger charge is 2.35. The van der Waals surface area contributed by atoms with E-state index in [9.17, 15) is 18.4 Å². The molecule has 2 amide bonds. The Morgan fingerprint density at radius 3 is 2.30 bits per heavy atom. The van der Waals surface area contributed by atoms with Crippen molar-refractivity contribution in [2.75, 3.05) is 0 Å². The van der Waals surface area contributed by atoms with Gasteiger partial charge in [0, 0.05) is 22.6 Å². The van der Waals surface area contributed by atoms with Crippen molar-refractivity contribution < 1.29 is 23.5 Å². The minimum Gasteiger partial charge on any atom is -0.465 e. The minimum atomic E-state index is -1.25. The zero-order valence-electron chi connectivity index (χ0n) is 12.8. The van der Waals surface area contributed by atoms with Gasteiger partial charge in [0.1, 0.15) is 11.6 Å². The van der Waals surface area contributed by atoms with Crippen LogP contribution in [0.2, 0.25) is 0 Å². The number of hydrogen-bond donors (Lipinski definition) is 4. The third-order valence-corrected chi connectivity index (χ3v) is 4.04. The van der Waals surface area contributed by atoms with E-state index in [0.717, 1.165) is 12.1 Å². The van der Waals surface area contributed by atoms with Gasteiger partial charge in [-0.05, 0) is 32.9 Å². The van der Waals surface area contributed by atoms with Crippen LogP contribution in [0.4, 0.5) is 13.6 Å². The fraction of sp³-hybridized carbons (Fsp3) is 0.429. The third-order valence-electron chi connectivity index (χ3n) is 3.58. The molecule has 0 spiro atoms. The molecule has 1 aromatic carbocycles. The van der Waals surface area contributed by atoms with Crippen molar-refractivity contribution >= 4 is 27.9 Å². The van der Waals surface area contributed by atoms with E-state index in [2.05, 4.69) is 32.1 Å². The molecule has 0 aliphatic rings. The third kappa shape index (κ3) is 5.14. The van der Waals surface area contributed by atoms with Crippen molar-refractivity contribution in [1.82, 2.24) is 16.2 Å². The monoisotopic (exact) mass is 393 g/mol. The second-order valence-corrected chi connectivity index (χ2v) is 6.46. The van der Waals surface area contributed by atoms with Crippen LogP contribution in [0, 0.1) is 17.0 Å². The van der Waals surface area contributed by atoms with Gasteiger partial charge in [-0.25, -0.2) is 19.0 Å². The molecule has 1 aromatic rings. The topological polar surface area (TPSA) is 90.5 Å². The Morgan fingerprint density at radius 2 is 1.83 bits per heavy atom. The predicted molar refractivity (Wildman–Crippen MR) is 83.4 cm³/mol. The molecule has 6 nitrogen and oxygen atoms in total. The van der Waals surface area contributed by atoms with Gasteiger partial charge in [0.05, 0.1) is 5.41 Å². The van der Waals surface area contributed by atoms with Gasteiger partial charge in [-0.3, -0.25) is 10.2 Å². The first kappa shape index (κ1) is 19.3. The number of carbonyl (C=O) groups excluding carboxylic acids is 1. The average molecular weight is 394 g/mol. The van der Waals surface area contributed by atoms with E-state index in [1.54, 1.807) is 20.8 Å². The zero-order valence-corrected chi connectivity index (χ0v) is 14.4. The number of halogens is 3. The average Bonchev–Trinajstić information content (AvgIpc) is 2.40. The van der Waals surface area contributed by atoms with Gasteiger partial charge in [-0.2, -0.15) is 0 Å². The number of carboxylic acid groups (broad SMARTS) is 1. The van der Waals surface area contributed by atoms with Crippen LogP contribution in [0.1, 0.15) is 26.3 Å². The summed E-state index contributed by atoms with van der Waals surface area (Å²) in [5.74, 6) is -2.02. The molecule has 0 aromatic heterocycles. The maximum atomic E-state index is 13.6. The summed E-state index contributed by atoms with van der Waals surface area (Å²) < 4.78 is 27.6. The van der Waals surface area contributed by atoms with Gasteiger partial charge in [0.15, 0.2) is 0 Å². The summed E-state index contributed by atoms with van der Waals surface area (Å²) in [6.45, 7) is 4.38. The van der Waals surface area contributed by atoms with E-state index in [0.29, 0.717) is 0 Å². The zero-order chi connectivity index (χ0) is 17.8. The van der Waals surface area contributed by atoms with E-state index in [-0.39, 0.29) is 16.6 Å². The molecule has 23 heavy (non-hydrogen) atoms. The smallest absolute Gasteiger partial charge is 0.404 e. The van der Waals surface area contributed by atoms with Gasteiger partial charge in [-0.15, -0.1) is 0 Å². The Bertz CT molecular complexity index is 588. The summed E-state index contributed by atoms with van der Waals surface area (Å²) >= 11 is 2.98. The largest absolute Gasteiger partial charge is 0.465 e. The maximum Gasteiger partial charge on any atom is 0.404 e. The summed E-state index contributed by atoms with van der Waals surface area (Å²) in [6, 6.07) is 1.57. The Labute approximate surface area is 140 Å². The van der Waals surface area contributed by atoms with Crippen molar-refractivity contribution in [3.8, 4) is 0 Å². The standard InChI is InChI=1S/C14H18BrF2N3O3/c1-7(19-13(22)23)14(2,3)12(21)20-18-6-9-10(16)4-8(15)5-11(9)17/h4-5,7,18-19H,6H2,1-3H3,(H,20,21)(H,22,23)/t7-/m0/s1. The quantitative estimate of drug-likeness (QED) is 0.559. The summed E-state index contributed by atoms with van der Waals surface area (Å²) in [7, 11) is 0. The minimum absolute atomic E-state index is 0.219. The first-order valence-electron chi connectivity index (χ1n) is 6.72. The van der Waals surface area contributed by atoms with Crippen LogP contribution in [0.15, 0.2) is 16.6 Å². The molecule has 1 atom stereocenters. The summed E-state index contributed by atoms with van der Waals surface area (Å²) in [5, 5.41) is 10.9. The number of hydrogen-bond acceptors (Lipinski definition) is 3. The van der Waals surface area contributed by atoms with Crippen molar-refractivity contribution in [2.45, 2.75) is 33.4 Å². The van der Waals surface area contributed by atoms with E-state index in [1.165, 1.54) is 0 Å². The summed E-state index contributed by atoms with van der Waals surface area (Å²) in [6.07, 6.45) is -1.25. The number of nitrogens with one attached hydrogen (secondary N) is 3. The lowest BCUT2D eigenvalue weighted by atomic mass is 9.84. The lowest BCUT2D eigenvalue weighted by Gasteiger charge is -2.30. The first-order chi connectivity index (χ1) is 10.6. The van der Waals surface area contributed by atoms with Crippen LogP contribution >= 0.6 is 15.9 Å². The first-order valence-corrected chi connectivity index (χ1v) is 7.51. The second-order valence-electron chi connectivity index (χ2n) is 5.55. The van der Waals surface area contributed by atoms with Crippen LogP contribution in [0.5, 0.6) is 0 Å². The summed E-state index contributed by atoms with van der Waals surface area (Å²) in [5.41, 5.74) is 3.49. The Balaban J connectivity index is 2.65. The van der Waals surface area contributed by atoms with Gasteiger partial charge in [0.25, 0.3) is 0 Å². The normalized spacial score (nSPS) is 12.6. The van der Waals surface area contributed by atoms with E-state index < -0.39 is 35.1 Å². The van der Waals surface area contributed by atoms with Crippen molar-refractivity contribution in [1.29, 1.82) is 0 Å². The highest BCUT2D eigenvalue weighted by molar-refractivity contribution is 9.10. The number of benzene rings is 1. The van der Waals surface area contributed by atoms with E-state index >= 15 is 0 Å². The SMILES string of the molecule is C[C@H](NC(=O)O)C(C)(C)C(=O)NNCc1c(F)cc(Br)cc1F. The van der Waals surface area contributed by atoms with Crippen molar-refractivity contribution in [3.63, 3.8) is 0 Å². The van der Waals surface area contributed by atoms with Crippen LogP contribution < -0.4 is 16.2 Å². The molecule has 0 saturated carbocycles. The molecule has 4 N–H and O–H groups in total. The molecule has 9 heteroatoms. The number of carbonyl (C=O) groups is 2. The Hall–Kier alpha value is -1.74. The molecule has 0 aliphatic heterocycles. The molecule has 0 aliphatic carbocycles. The molecule has 0 fully saturated rings. The van der Waals surface area contributed by atoms with Crippen LogP contribution in [-0.4, -0.2) is 23.1 Å². The second kappa shape index (κ2) is 7.69. The molecule has 0 bridgehead atoms. The number of hydrazine groups is 1.